The number of likely N-dealkylation sites (tertiary alicyclic amines) is 1. The van der Waals surface area contributed by atoms with Crippen LogP contribution in [-0.2, 0) is 24.0 Å². The molecule has 370 valence electrons. The van der Waals surface area contributed by atoms with Crippen LogP contribution in [0.25, 0.3) is 22.0 Å². The van der Waals surface area contributed by atoms with Gasteiger partial charge in [0, 0.05) is 121 Å². The summed E-state index contributed by atoms with van der Waals surface area (Å²) in [6.45, 7) is 3.04. The lowest BCUT2D eigenvalue weighted by molar-refractivity contribution is -0.141. The zero-order valence-electron chi connectivity index (χ0n) is 38.0. The van der Waals surface area contributed by atoms with E-state index in [9.17, 15) is 62.9 Å². The van der Waals surface area contributed by atoms with Gasteiger partial charge in [-0.1, -0.05) is 12.1 Å². The van der Waals surface area contributed by atoms with Gasteiger partial charge in [0.1, 0.15) is 11.7 Å². The number of fused-ring (bicyclic) bond motifs is 1. The summed E-state index contributed by atoms with van der Waals surface area (Å²) in [5, 5.41) is 43.5. The Bertz CT molecular complexity index is 2370. The zero-order chi connectivity index (χ0) is 49.7. The van der Waals surface area contributed by atoms with Crippen molar-refractivity contribution in [1.82, 2.24) is 54.9 Å². The van der Waals surface area contributed by atoms with Crippen LogP contribution in [0.1, 0.15) is 27.3 Å². The Hall–Kier alpha value is -6.78. The predicted octanol–water partition coefficient (Wildman–Crippen LogP) is -0.864. The van der Waals surface area contributed by atoms with Gasteiger partial charge in [-0.15, -0.1) is 0 Å². The standard InChI is InChI=1S/C45H56F2N12O10/c46-45(47)22-33(23-48)59(30-45)38(60)25-52-43(68)34-5-6-49-36-3-1-31(21-35(34)36)32-2-4-37(51-24-32)44(69)50-7-8-53-17-19-58(20-18-53)39(61)26-54-9-11-55(27-40(62)63)13-15-57(29-42(66)67)16-14-56(12-10-54)28-41(64)65/h1-6,21,24,33H,7-20,22,25-30H2,(H,50,69)(H,52,68)(H,62,63)(H,64,65)(H,66,67). The molecule has 3 aliphatic heterocycles. The number of carbonyl (C=O) groups excluding carboxylic acids is 4. The molecule has 0 saturated carbocycles. The van der Waals surface area contributed by atoms with Crippen LogP contribution in [0.3, 0.4) is 0 Å². The molecule has 1 atom stereocenters. The first-order valence-electron chi connectivity index (χ1n) is 22.5. The van der Waals surface area contributed by atoms with Crippen molar-refractivity contribution in [2.45, 2.75) is 18.4 Å². The second kappa shape index (κ2) is 24.0. The van der Waals surface area contributed by atoms with Crippen molar-refractivity contribution in [3.8, 4) is 17.2 Å². The van der Waals surface area contributed by atoms with E-state index in [-0.39, 0.29) is 69.5 Å². The largest absolute Gasteiger partial charge is 0.480 e. The highest BCUT2D eigenvalue weighted by atomic mass is 19.3. The number of aliphatic carboxylic acids is 3. The van der Waals surface area contributed by atoms with E-state index in [0.717, 1.165) is 4.90 Å². The molecular formula is C45H56F2N12O10. The SMILES string of the molecule is N#CC1CC(F)(F)CN1C(=O)CNC(=O)c1ccnc2ccc(-c3ccc(C(=O)NCCN4CCN(C(=O)CN5CCN(CC(=O)O)CCN(CC(=O)O)CCN(CC(=O)O)CC5)CC4)nc3)cc12. The van der Waals surface area contributed by atoms with Gasteiger partial charge in [-0.2, -0.15) is 5.26 Å². The average Bonchev–Trinajstić information content (AvgIpc) is 3.65. The number of aromatic nitrogens is 2. The van der Waals surface area contributed by atoms with Crippen molar-refractivity contribution in [3.63, 3.8) is 0 Å². The third-order valence-electron chi connectivity index (χ3n) is 12.3. The summed E-state index contributed by atoms with van der Waals surface area (Å²) in [4.78, 5) is 108. The molecule has 22 nitrogen and oxygen atoms in total. The number of piperazine rings is 1. The minimum atomic E-state index is -3.19. The van der Waals surface area contributed by atoms with Gasteiger partial charge in [-0.3, -0.25) is 68.0 Å². The zero-order valence-corrected chi connectivity index (χ0v) is 38.0. The highest BCUT2D eigenvalue weighted by molar-refractivity contribution is 6.07. The number of rotatable bonds is 16. The molecule has 6 rings (SSSR count). The smallest absolute Gasteiger partial charge is 0.317 e. The second-order valence-electron chi connectivity index (χ2n) is 17.2. The summed E-state index contributed by atoms with van der Waals surface area (Å²) in [6.07, 6.45) is 2.19. The van der Waals surface area contributed by atoms with Gasteiger partial charge in [0.05, 0.1) is 56.4 Å². The molecule has 1 unspecified atom stereocenters. The molecule has 0 aliphatic carbocycles. The van der Waals surface area contributed by atoms with Gasteiger partial charge in [-0.25, -0.2) is 8.78 Å². The summed E-state index contributed by atoms with van der Waals surface area (Å²) in [7, 11) is 0. The summed E-state index contributed by atoms with van der Waals surface area (Å²) in [5.41, 5.74) is 2.14. The number of nitrogens with zero attached hydrogens (tertiary/aromatic N) is 10. The van der Waals surface area contributed by atoms with Gasteiger partial charge in [0.2, 0.25) is 11.8 Å². The van der Waals surface area contributed by atoms with Gasteiger partial charge in [0.15, 0.2) is 0 Å². The van der Waals surface area contributed by atoms with Gasteiger partial charge in [-0.05, 0) is 29.8 Å². The maximum absolute atomic E-state index is 13.9. The number of amides is 4. The number of carboxylic acids is 3. The molecule has 5 heterocycles. The van der Waals surface area contributed by atoms with Crippen LogP contribution in [0.5, 0.6) is 0 Å². The average molecular weight is 963 g/mol. The first-order chi connectivity index (χ1) is 33.0. The molecule has 2 aromatic heterocycles. The Morgan fingerprint density at radius 1 is 0.667 bits per heavy atom. The molecule has 3 fully saturated rings. The fourth-order valence-corrected chi connectivity index (χ4v) is 8.48. The fourth-order valence-electron chi connectivity index (χ4n) is 8.48. The van der Waals surface area contributed by atoms with Crippen LogP contribution in [0.2, 0.25) is 0 Å². The van der Waals surface area contributed by atoms with Crippen molar-refractivity contribution < 1.29 is 57.7 Å². The minimum absolute atomic E-state index is 0.0499. The van der Waals surface area contributed by atoms with Crippen LogP contribution in [0, 0.1) is 11.3 Å². The van der Waals surface area contributed by atoms with Crippen molar-refractivity contribution in [2.75, 3.05) is 131 Å². The molecule has 4 amide bonds. The van der Waals surface area contributed by atoms with Crippen molar-refractivity contribution >= 4 is 52.4 Å². The van der Waals surface area contributed by atoms with E-state index in [0.29, 0.717) is 87.5 Å². The second-order valence-corrected chi connectivity index (χ2v) is 17.2. The number of nitriles is 1. The molecule has 0 spiro atoms. The maximum atomic E-state index is 13.9. The maximum Gasteiger partial charge on any atom is 0.317 e. The van der Waals surface area contributed by atoms with Crippen molar-refractivity contribution in [2.24, 2.45) is 0 Å². The summed E-state index contributed by atoms with van der Waals surface area (Å²) in [6, 6.07) is 10.4. The molecule has 3 aliphatic rings. The third-order valence-corrected chi connectivity index (χ3v) is 12.3. The Morgan fingerprint density at radius 3 is 1.75 bits per heavy atom. The van der Waals surface area contributed by atoms with Crippen molar-refractivity contribution in [1.29, 1.82) is 5.26 Å². The van der Waals surface area contributed by atoms with Crippen LogP contribution >= 0.6 is 0 Å². The summed E-state index contributed by atoms with van der Waals surface area (Å²) < 4.78 is 27.7. The Morgan fingerprint density at radius 2 is 1.22 bits per heavy atom. The molecule has 1 aromatic carbocycles. The highest BCUT2D eigenvalue weighted by Gasteiger charge is 2.47. The topological polar surface area (TPSA) is 276 Å². The van der Waals surface area contributed by atoms with Crippen LogP contribution in [0.4, 0.5) is 8.78 Å². The molecule has 3 aromatic rings. The lowest BCUT2D eigenvalue weighted by Crippen LogP contribution is -2.53. The molecular weight excluding hydrogens is 907 g/mol. The van der Waals surface area contributed by atoms with E-state index >= 15 is 0 Å². The van der Waals surface area contributed by atoms with Gasteiger partial charge >= 0.3 is 17.9 Å². The number of pyridine rings is 2. The fraction of sp³-hybridized carbons (Fsp3) is 0.511. The quantitative estimate of drug-likeness (QED) is 0.117. The first kappa shape index (κ1) is 51.6. The Balaban J connectivity index is 0.966. The molecule has 69 heavy (non-hydrogen) atoms. The number of carboxylic acid groups (broad SMARTS) is 3. The summed E-state index contributed by atoms with van der Waals surface area (Å²) >= 11 is 0. The van der Waals surface area contributed by atoms with E-state index in [2.05, 4.69) is 25.5 Å². The van der Waals surface area contributed by atoms with Gasteiger partial charge in [0.25, 0.3) is 17.7 Å². The van der Waals surface area contributed by atoms with E-state index < -0.39 is 67.1 Å². The number of alkyl halides is 2. The number of hydrogen-bond acceptors (Lipinski definition) is 15. The van der Waals surface area contributed by atoms with Crippen molar-refractivity contribution in [3.05, 3.63) is 60.0 Å². The minimum Gasteiger partial charge on any atom is -0.480 e. The lowest BCUT2D eigenvalue weighted by atomic mass is 10.0. The van der Waals surface area contributed by atoms with E-state index in [1.54, 1.807) is 56.0 Å². The van der Waals surface area contributed by atoms with E-state index in [1.165, 1.54) is 18.5 Å². The molecule has 3 saturated heterocycles. The number of hydrogen-bond donors (Lipinski definition) is 5. The van der Waals surface area contributed by atoms with Gasteiger partial charge < -0.3 is 35.8 Å². The monoisotopic (exact) mass is 962 g/mol. The molecule has 0 bridgehead atoms. The lowest BCUT2D eigenvalue weighted by Gasteiger charge is -2.37. The van der Waals surface area contributed by atoms with Crippen LogP contribution in [0.15, 0.2) is 48.8 Å². The highest BCUT2D eigenvalue weighted by Crippen LogP contribution is 2.32. The predicted molar refractivity (Wildman–Crippen MR) is 242 cm³/mol. The molecule has 24 heteroatoms. The summed E-state index contributed by atoms with van der Waals surface area (Å²) in [5.74, 6) is -8.23. The Kier molecular flexibility index (Phi) is 17.9. The number of benzene rings is 1. The molecule has 5 N–H and O–H groups in total. The first-order valence-corrected chi connectivity index (χ1v) is 22.5. The number of nitrogens with one attached hydrogen (secondary N) is 2. The number of halogens is 2. The number of carbonyl (C=O) groups is 7. The van der Waals surface area contributed by atoms with Crippen LogP contribution in [-0.4, -0.2) is 244 Å². The third kappa shape index (κ3) is 15.1. The van der Waals surface area contributed by atoms with E-state index in [4.69, 9.17) is 0 Å². The Labute approximate surface area is 396 Å². The van der Waals surface area contributed by atoms with Crippen LogP contribution < -0.4 is 10.6 Å². The molecule has 0 radical (unpaired) electrons. The normalized spacial score (nSPS) is 19.2. The van der Waals surface area contributed by atoms with E-state index in [1.807, 2.05) is 4.90 Å².